The van der Waals surface area contributed by atoms with Gasteiger partial charge in [-0.25, -0.2) is 14.4 Å². The molecule has 1 aromatic heterocycles. The van der Waals surface area contributed by atoms with Crippen molar-refractivity contribution in [3.63, 3.8) is 0 Å². The summed E-state index contributed by atoms with van der Waals surface area (Å²) in [5.74, 6) is -1.15. The van der Waals surface area contributed by atoms with Crippen LogP contribution >= 0.6 is 15.9 Å². The van der Waals surface area contributed by atoms with E-state index < -0.39 is 23.6 Å². The van der Waals surface area contributed by atoms with E-state index in [0.717, 1.165) is 10.0 Å². The average Bonchev–Trinajstić information content (AvgIpc) is 3.00. The van der Waals surface area contributed by atoms with Gasteiger partial charge in [0.15, 0.2) is 0 Å². The fourth-order valence-corrected chi connectivity index (χ4v) is 3.86. The summed E-state index contributed by atoms with van der Waals surface area (Å²) < 4.78 is 16.8. The number of esters is 2. The zero-order valence-corrected chi connectivity index (χ0v) is 18.8. The second-order valence-electron chi connectivity index (χ2n) is 7.20. The fourth-order valence-electron chi connectivity index (χ4n) is 3.50. The van der Waals surface area contributed by atoms with E-state index in [-0.39, 0.29) is 30.8 Å². The molecule has 8 heteroatoms. The Kier molecular flexibility index (Phi) is 6.41. The van der Waals surface area contributed by atoms with Crippen molar-refractivity contribution in [2.75, 3.05) is 11.9 Å². The van der Waals surface area contributed by atoms with Gasteiger partial charge in [0.25, 0.3) is 0 Å². The molecule has 1 unspecified atom stereocenters. The van der Waals surface area contributed by atoms with Gasteiger partial charge in [-0.05, 0) is 36.8 Å². The zero-order valence-electron chi connectivity index (χ0n) is 17.2. The highest BCUT2D eigenvalue weighted by molar-refractivity contribution is 9.10. The number of rotatable bonds is 5. The number of hydrogen-bond acceptors (Lipinski definition) is 7. The normalized spacial score (nSPS) is 15.2. The Labute approximate surface area is 192 Å². The SMILES string of the molecule is CCOC(=O)C1CC(C(=O)OCc2ccccc2)=Cc2c(c3cc(Br)ccc3oc2=O)N1. The summed E-state index contributed by atoms with van der Waals surface area (Å²) in [5, 5.41) is 3.69. The third-order valence-electron chi connectivity index (χ3n) is 5.01. The van der Waals surface area contributed by atoms with Crippen LogP contribution in [-0.2, 0) is 25.7 Å². The first-order chi connectivity index (χ1) is 15.5. The lowest BCUT2D eigenvalue weighted by Gasteiger charge is -2.18. The maximum atomic E-state index is 12.9. The summed E-state index contributed by atoms with van der Waals surface area (Å²) in [4.78, 5) is 38.2. The number of carbonyl (C=O) groups is 2. The second kappa shape index (κ2) is 9.40. The molecule has 0 fully saturated rings. The molecule has 0 bridgehead atoms. The monoisotopic (exact) mass is 497 g/mol. The summed E-state index contributed by atoms with van der Waals surface area (Å²) in [6.07, 6.45) is 1.43. The molecular formula is C24H20BrNO6. The Bertz CT molecular complexity index is 1260. The molecule has 32 heavy (non-hydrogen) atoms. The van der Waals surface area contributed by atoms with Crippen LogP contribution in [0.1, 0.15) is 24.5 Å². The zero-order chi connectivity index (χ0) is 22.7. The molecule has 0 radical (unpaired) electrons. The van der Waals surface area contributed by atoms with Crippen LogP contribution in [0.25, 0.3) is 17.0 Å². The van der Waals surface area contributed by atoms with Crippen LogP contribution in [0.2, 0.25) is 0 Å². The van der Waals surface area contributed by atoms with Crippen molar-refractivity contribution in [3.8, 4) is 0 Å². The van der Waals surface area contributed by atoms with E-state index in [2.05, 4.69) is 21.2 Å². The van der Waals surface area contributed by atoms with Crippen LogP contribution in [0.5, 0.6) is 0 Å². The molecule has 1 aliphatic heterocycles. The first-order valence-electron chi connectivity index (χ1n) is 10.1. The summed E-state index contributed by atoms with van der Waals surface area (Å²) in [6.45, 7) is 1.96. The lowest BCUT2D eigenvalue weighted by molar-refractivity contribution is -0.144. The number of benzene rings is 2. The number of hydrogen-bond donors (Lipinski definition) is 1. The Morgan fingerprint density at radius 1 is 1.16 bits per heavy atom. The minimum absolute atomic E-state index is 0.00390. The third-order valence-corrected chi connectivity index (χ3v) is 5.50. The standard InChI is InChI=1S/C24H20BrNO6/c1-2-30-24(29)19-11-15(22(27)31-13-14-6-4-3-5-7-14)10-18-21(26-19)17-12-16(25)8-9-20(17)32-23(18)28/h3-10,12,19,26H,2,11,13H2,1H3. The predicted octanol–water partition coefficient (Wildman–Crippen LogP) is 4.43. The molecule has 7 nitrogen and oxygen atoms in total. The maximum Gasteiger partial charge on any atom is 0.345 e. The van der Waals surface area contributed by atoms with Crippen molar-refractivity contribution < 1.29 is 23.5 Å². The lowest BCUT2D eigenvalue weighted by Crippen LogP contribution is -2.32. The quantitative estimate of drug-likeness (QED) is 0.411. The largest absolute Gasteiger partial charge is 0.464 e. The Balaban J connectivity index is 1.76. The highest BCUT2D eigenvalue weighted by Gasteiger charge is 2.30. The number of fused-ring (bicyclic) bond motifs is 3. The summed E-state index contributed by atoms with van der Waals surface area (Å²) in [5.41, 5.74) is 1.28. The van der Waals surface area contributed by atoms with E-state index in [9.17, 15) is 14.4 Å². The molecule has 0 amide bonds. The van der Waals surface area contributed by atoms with Crippen LogP contribution in [0.4, 0.5) is 5.69 Å². The summed E-state index contributed by atoms with van der Waals surface area (Å²) in [6, 6.07) is 13.5. The molecular weight excluding hydrogens is 478 g/mol. The number of nitrogens with one attached hydrogen (secondary N) is 1. The van der Waals surface area contributed by atoms with Gasteiger partial charge < -0.3 is 19.2 Å². The topological polar surface area (TPSA) is 94.8 Å². The number of anilines is 1. The van der Waals surface area contributed by atoms with E-state index in [0.29, 0.717) is 16.7 Å². The van der Waals surface area contributed by atoms with Crippen molar-refractivity contribution in [1.82, 2.24) is 0 Å². The van der Waals surface area contributed by atoms with Crippen molar-refractivity contribution >= 4 is 50.6 Å². The first-order valence-corrected chi connectivity index (χ1v) is 10.9. The van der Waals surface area contributed by atoms with E-state index in [1.807, 2.05) is 30.3 Å². The van der Waals surface area contributed by atoms with Crippen molar-refractivity contribution in [2.45, 2.75) is 26.0 Å². The van der Waals surface area contributed by atoms with Gasteiger partial charge in [-0.2, -0.15) is 0 Å². The van der Waals surface area contributed by atoms with Gasteiger partial charge in [-0.15, -0.1) is 0 Å². The second-order valence-corrected chi connectivity index (χ2v) is 8.12. The van der Waals surface area contributed by atoms with E-state index >= 15 is 0 Å². The summed E-state index contributed by atoms with van der Waals surface area (Å²) in [7, 11) is 0. The predicted molar refractivity (Wildman–Crippen MR) is 123 cm³/mol. The molecule has 164 valence electrons. The van der Waals surface area contributed by atoms with Crippen molar-refractivity contribution in [1.29, 1.82) is 0 Å². The van der Waals surface area contributed by atoms with Gasteiger partial charge in [0.05, 0.1) is 17.9 Å². The highest BCUT2D eigenvalue weighted by atomic mass is 79.9. The lowest BCUT2D eigenvalue weighted by atomic mass is 10.1. The Morgan fingerprint density at radius 3 is 2.69 bits per heavy atom. The van der Waals surface area contributed by atoms with Crippen LogP contribution in [0, 0.1) is 0 Å². The van der Waals surface area contributed by atoms with Crippen molar-refractivity contribution in [3.05, 3.63) is 80.1 Å². The van der Waals surface area contributed by atoms with E-state index in [1.54, 1.807) is 25.1 Å². The van der Waals surface area contributed by atoms with Gasteiger partial charge in [-0.1, -0.05) is 46.3 Å². The van der Waals surface area contributed by atoms with Gasteiger partial charge in [-0.3, -0.25) is 0 Å². The molecule has 0 saturated carbocycles. The van der Waals surface area contributed by atoms with Crippen LogP contribution in [0.15, 0.2) is 67.8 Å². The Hall–Kier alpha value is -3.39. The Morgan fingerprint density at radius 2 is 1.94 bits per heavy atom. The maximum absolute atomic E-state index is 12.9. The van der Waals surface area contributed by atoms with Gasteiger partial charge in [0, 0.05) is 21.9 Å². The molecule has 0 spiro atoms. The summed E-state index contributed by atoms with van der Waals surface area (Å²) >= 11 is 3.42. The average molecular weight is 498 g/mol. The molecule has 4 rings (SSSR count). The molecule has 1 atom stereocenters. The van der Waals surface area contributed by atoms with Crippen LogP contribution in [0.3, 0.4) is 0 Å². The molecule has 2 aromatic carbocycles. The van der Waals surface area contributed by atoms with Gasteiger partial charge in [0.1, 0.15) is 18.2 Å². The van der Waals surface area contributed by atoms with E-state index in [1.165, 1.54) is 6.08 Å². The molecule has 0 saturated heterocycles. The van der Waals surface area contributed by atoms with Gasteiger partial charge in [0.2, 0.25) is 0 Å². The van der Waals surface area contributed by atoms with Gasteiger partial charge >= 0.3 is 17.6 Å². The molecule has 1 N–H and O–H groups in total. The number of ether oxygens (including phenoxy) is 2. The third kappa shape index (κ3) is 4.60. The van der Waals surface area contributed by atoms with Crippen LogP contribution < -0.4 is 10.9 Å². The number of halogens is 1. The minimum atomic E-state index is -0.879. The first kappa shape index (κ1) is 21.8. The number of carbonyl (C=O) groups excluding carboxylic acids is 2. The van der Waals surface area contributed by atoms with E-state index in [4.69, 9.17) is 13.9 Å². The smallest absolute Gasteiger partial charge is 0.345 e. The molecule has 2 heterocycles. The van der Waals surface area contributed by atoms with Crippen LogP contribution in [-0.4, -0.2) is 24.6 Å². The molecule has 0 aliphatic carbocycles. The minimum Gasteiger partial charge on any atom is -0.464 e. The van der Waals surface area contributed by atoms with Crippen molar-refractivity contribution in [2.24, 2.45) is 0 Å². The molecule has 1 aliphatic rings. The fraction of sp³-hybridized carbons (Fsp3) is 0.208. The highest BCUT2D eigenvalue weighted by Crippen LogP contribution is 2.33. The molecule has 3 aromatic rings.